The van der Waals surface area contributed by atoms with E-state index in [0.29, 0.717) is 18.1 Å². The first-order valence-electron chi connectivity index (χ1n) is 8.47. The number of methoxy groups -OCH3 is 1. The molecular weight excluding hydrogens is 318 g/mol. The second kappa shape index (κ2) is 7.68. The van der Waals surface area contributed by atoms with Gasteiger partial charge in [-0.25, -0.2) is 0 Å². The zero-order chi connectivity index (χ0) is 18.6. The molecule has 0 bridgehead atoms. The number of carbonyl (C=O) groups excluding carboxylic acids is 1. The summed E-state index contributed by atoms with van der Waals surface area (Å²) in [5, 5.41) is 7.07. The largest absolute Gasteiger partial charge is 0.497 e. The van der Waals surface area contributed by atoms with Crippen LogP contribution in [0.2, 0.25) is 0 Å². The third-order valence-corrected chi connectivity index (χ3v) is 3.71. The fourth-order valence-corrected chi connectivity index (χ4v) is 2.46. The predicted octanol–water partition coefficient (Wildman–Crippen LogP) is 3.99. The lowest BCUT2D eigenvalue weighted by Crippen LogP contribution is -2.34. The van der Waals surface area contributed by atoms with Crippen molar-refractivity contribution in [3.8, 4) is 17.1 Å². The number of hydrogen-bond acceptors (Lipinski definition) is 5. The van der Waals surface area contributed by atoms with Crippen LogP contribution in [0.15, 0.2) is 28.8 Å². The molecule has 0 aliphatic heterocycles. The molecule has 1 aromatic heterocycles. The molecule has 1 N–H and O–H groups in total. The zero-order valence-electron chi connectivity index (χ0n) is 15.8. The molecule has 2 rings (SSSR count). The maximum Gasteiger partial charge on any atom is 0.249 e. The summed E-state index contributed by atoms with van der Waals surface area (Å²) in [5.74, 6) is 1.72. The second-order valence-corrected chi connectivity index (χ2v) is 7.71. The molecule has 0 saturated heterocycles. The average molecular weight is 345 g/mol. The standard InChI is InChI=1S/C19H27N3O3/c1-12(2)16(20-15(23)11-19(3,4)5)18-21-17(22-25-18)13-8-7-9-14(10-13)24-6/h7-10,12,16H,11H2,1-6H3,(H,20,23)/t16-/m0/s1. The van der Waals surface area contributed by atoms with Crippen LogP contribution in [-0.4, -0.2) is 23.2 Å². The normalized spacial score (nSPS) is 12.9. The topological polar surface area (TPSA) is 77.3 Å². The molecule has 136 valence electrons. The molecule has 1 heterocycles. The van der Waals surface area contributed by atoms with Crippen LogP contribution < -0.4 is 10.1 Å². The van der Waals surface area contributed by atoms with Crippen LogP contribution in [0.25, 0.3) is 11.4 Å². The van der Waals surface area contributed by atoms with Crippen LogP contribution >= 0.6 is 0 Å². The van der Waals surface area contributed by atoms with Gasteiger partial charge in [0.2, 0.25) is 17.6 Å². The van der Waals surface area contributed by atoms with Gasteiger partial charge < -0.3 is 14.6 Å². The van der Waals surface area contributed by atoms with Crippen molar-refractivity contribution in [3.05, 3.63) is 30.2 Å². The van der Waals surface area contributed by atoms with Gasteiger partial charge in [0.1, 0.15) is 11.8 Å². The van der Waals surface area contributed by atoms with E-state index < -0.39 is 0 Å². The van der Waals surface area contributed by atoms with Gasteiger partial charge in [0, 0.05) is 12.0 Å². The van der Waals surface area contributed by atoms with E-state index in [-0.39, 0.29) is 23.3 Å². The number of amides is 1. The first kappa shape index (κ1) is 19.0. The van der Waals surface area contributed by atoms with Crippen LogP contribution in [0, 0.1) is 11.3 Å². The minimum Gasteiger partial charge on any atom is -0.497 e. The van der Waals surface area contributed by atoms with Crippen LogP contribution in [0.5, 0.6) is 5.75 Å². The highest BCUT2D eigenvalue weighted by Crippen LogP contribution is 2.26. The Morgan fingerprint density at radius 1 is 1.32 bits per heavy atom. The first-order chi connectivity index (χ1) is 11.7. The summed E-state index contributed by atoms with van der Waals surface area (Å²) in [5.41, 5.74) is 0.726. The summed E-state index contributed by atoms with van der Waals surface area (Å²) in [6, 6.07) is 7.14. The maximum absolute atomic E-state index is 12.3. The van der Waals surface area contributed by atoms with Gasteiger partial charge >= 0.3 is 0 Å². The Morgan fingerprint density at radius 3 is 2.64 bits per heavy atom. The molecule has 0 fully saturated rings. The van der Waals surface area contributed by atoms with Crippen LogP contribution in [-0.2, 0) is 4.79 Å². The fraction of sp³-hybridized carbons (Fsp3) is 0.526. The molecule has 2 aromatic rings. The van der Waals surface area contributed by atoms with E-state index in [2.05, 4.69) is 15.5 Å². The van der Waals surface area contributed by atoms with Crippen molar-refractivity contribution in [1.82, 2.24) is 15.5 Å². The number of nitrogens with zero attached hydrogens (tertiary/aromatic N) is 2. The lowest BCUT2D eigenvalue weighted by Gasteiger charge is -2.22. The number of carbonyl (C=O) groups is 1. The Hall–Kier alpha value is -2.37. The number of hydrogen-bond donors (Lipinski definition) is 1. The summed E-state index contributed by atoms with van der Waals surface area (Å²) in [7, 11) is 1.61. The lowest BCUT2D eigenvalue weighted by molar-refractivity contribution is -0.124. The predicted molar refractivity (Wildman–Crippen MR) is 96.1 cm³/mol. The van der Waals surface area contributed by atoms with Crippen molar-refractivity contribution >= 4 is 5.91 Å². The van der Waals surface area contributed by atoms with Crippen LogP contribution in [0.3, 0.4) is 0 Å². The van der Waals surface area contributed by atoms with Gasteiger partial charge in [-0.15, -0.1) is 0 Å². The summed E-state index contributed by atoms with van der Waals surface area (Å²) < 4.78 is 10.7. The molecule has 0 aliphatic rings. The molecule has 0 spiro atoms. The van der Waals surface area contributed by atoms with Gasteiger partial charge in [0.05, 0.1) is 7.11 Å². The van der Waals surface area contributed by atoms with Crippen molar-refractivity contribution < 1.29 is 14.1 Å². The molecule has 0 saturated carbocycles. The monoisotopic (exact) mass is 345 g/mol. The van der Waals surface area contributed by atoms with Crippen molar-refractivity contribution in [2.45, 2.75) is 47.1 Å². The SMILES string of the molecule is COc1cccc(-c2noc([C@@H](NC(=O)CC(C)(C)C)C(C)C)n2)c1. The number of aromatic nitrogens is 2. The Labute approximate surface area is 149 Å². The zero-order valence-corrected chi connectivity index (χ0v) is 15.8. The molecule has 1 aromatic carbocycles. The van der Waals surface area contributed by atoms with E-state index in [9.17, 15) is 4.79 Å². The second-order valence-electron chi connectivity index (χ2n) is 7.71. The van der Waals surface area contributed by atoms with Crippen molar-refractivity contribution in [3.63, 3.8) is 0 Å². The van der Waals surface area contributed by atoms with E-state index in [4.69, 9.17) is 9.26 Å². The minimum absolute atomic E-state index is 0.0210. The van der Waals surface area contributed by atoms with Crippen molar-refractivity contribution in [2.75, 3.05) is 7.11 Å². The minimum atomic E-state index is -0.318. The Morgan fingerprint density at radius 2 is 2.04 bits per heavy atom. The third-order valence-electron chi connectivity index (χ3n) is 3.71. The van der Waals surface area contributed by atoms with Crippen LogP contribution in [0.1, 0.15) is 53.0 Å². The molecule has 6 heteroatoms. The summed E-state index contributed by atoms with van der Waals surface area (Å²) in [6.07, 6.45) is 0.438. The highest BCUT2D eigenvalue weighted by atomic mass is 16.5. The van der Waals surface area contributed by atoms with Gasteiger partial charge in [0.15, 0.2) is 0 Å². The molecule has 6 nitrogen and oxygen atoms in total. The molecule has 0 radical (unpaired) electrons. The molecule has 0 unspecified atom stereocenters. The summed E-state index contributed by atoms with van der Waals surface area (Å²) in [4.78, 5) is 16.8. The van der Waals surface area contributed by atoms with Gasteiger partial charge in [-0.3, -0.25) is 4.79 Å². The Balaban J connectivity index is 2.20. The smallest absolute Gasteiger partial charge is 0.249 e. The first-order valence-corrected chi connectivity index (χ1v) is 8.47. The highest BCUT2D eigenvalue weighted by Gasteiger charge is 2.26. The Bertz CT molecular complexity index is 717. The molecule has 25 heavy (non-hydrogen) atoms. The lowest BCUT2D eigenvalue weighted by atomic mass is 9.91. The van der Waals surface area contributed by atoms with Gasteiger partial charge in [-0.2, -0.15) is 4.98 Å². The van der Waals surface area contributed by atoms with E-state index >= 15 is 0 Å². The summed E-state index contributed by atoms with van der Waals surface area (Å²) >= 11 is 0. The van der Waals surface area contributed by atoms with E-state index in [1.165, 1.54) is 0 Å². The van der Waals surface area contributed by atoms with E-state index in [1.54, 1.807) is 7.11 Å². The summed E-state index contributed by atoms with van der Waals surface area (Å²) in [6.45, 7) is 10.1. The van der Waals surface area contributed by atoms with E-state index in [0.717, 1.165) is 11.3 Å². The molecule has 1 atom stereocenters. The number of rotatable bonds is 6. The average Bonchev–Trinajstić information content (AvgIpc) is 3.00. The fourth-order valence-electron chi connectivity index (χ4n) is 2.46. The van der Waals surface area contributed by atoms with Gasteiger partial charge in [-0.1, -0.05) is 51.9 Å². The highest BCUT2D eigenvalue weighted by molar-refractivity contribution is 5.77. The van der Waals surface area contributed by atoms with Crippen molar-refractivity contribution in [1.29, 1.82) is 0 Å². The van der Waals surface area contributed by atoms with Gasteiger partial charge in [-0.05, 0) is 23.5 Å². The molecule has 0 aliphatic carbocycles. The number of ether oxygens (including phenoxy) is 1. The Kier molecular flexibility index (Phi) is 5.82. The molecular formula is C19H27N3O3. The van der Waals surface area contributed by atoms with Gasteiger partial charge in [0.25, 0.3) is 0 Å². The third kappa shape index (κ3) is 5.31. The number of benzene rings is 1. The van der Waals surface area contributed by atoms with Crippen LogP contribution in [0.4, 0.5) is 0 Å². The molecule has 1 amide bonds. The number of nitrogens with one attached hydrogen (secondary N) is 1. The van der Waals surface area contributed by atoms with E-state index in [1.807, 2.05) is 58.9 Å². The maximum atomic E-state index is 12.3. The quantitative estimate of drug-likeness (QED) is 0.856. The van der Waals surface area contributed by atoms with Crippen molar-refractivity contribution in [2.24, 2.45) is 11.3 Å².